The third-order valence-corrected chi connectivity index (χ3v) is 4.93. The molecule has 1 aromatic heterocycles. The van der Waals surface area contributed by atoms with Crippen molar-refractivity contribution in [3.05, 3.63) is 52.2 Å². The van der Waals surface area contributed by atoms with E-state index < -0.39 is 0 Å². The van der Waals surface area contributed by atoms with Gasteiger partial charge in [0.1, 0.15) is 0 Å². The van der Waals surface area contributed by atoms with Crippen molar-refractivity contribution < 1.29 is 4.79 Å². The predicted molar refractivity (Wildman–Crippen MR) is 86.3 cm³/mol. The van der Waals surface area contributed by atoms with Gasteiger partial charge in [-0.3, -0.25) is 4.79 Å². The van der Waals surface area contributed by atoms with Gasteiger partial charge in [-0.1, -0.05) is 18.2 Å². The Balaban J connectivity index is 1.99. The van der Waals surface area contributed by atoms with Gasteiger partial charge in [-0.05, 0) is 36.5 Å². The summed E-state index contributed by atoms with van der Waals surface area (Å²) >= 11 is 3.44. The fraction of sp³-hybridized carbons (Fsp3) is 0.267. The maximum absolute atomic E-state index is 12.1. The first kappa shape index (κ1) is 15.1. The molecular weight excluding hydrogens is 288 g/mol. The molecular formula is C15H18N2OS2. The van der Waals surface area contributed by atoms with Gasteiger partial charge in [0, 0.05) is 22.1 Å². The van der Waals surface area contributed by atoms with Crippen molar-refractivity contribution in [1.82, 2.24) is 5.32 Å². The van der Waals surface area contributed by atoms with E-state index in [1.807, 2.05) is 30.3 Å². The van der Waals surface area contributed by atoms with E-state index in [1.165, 1.54) is 4.88 Å². The number of nitrogens with one attached hydrogen (secondary N) is 1. The molecule has 0 aliphatic carbocycles. The molecule has 1 heterocycles. The molecule has 0 aliphatic rings. The van der Waals surface area contributed by atoms with Gasteiger partial charge >= 0.3 is 0 Å². The van der Waals surface area contributed by atoms with Crippen LogP contribution in [0.5, 0.6) is 0 Å². The second kappa shape index (κ2) is 8.09. The minimum absolute atomic E-state index is 0.0206. The minimum atomic E-state index is -0.0206. The van der Waals surface area contributed by atoms with Crippen molar-refractivity contribution in [2.24, 2.45) is 5.73 Å². The zero-order chi connectivity index (χ0) is 14.2. The minimum Gasteiger partial charge on any atom is -0.352 e. The molecule has 0 fully saturated rings. The number of rotatable bonds is 7. The van der Waals surface area contributed by atoms with Gasteiger partial charge in [0.05, 0.1) is 5.56 Å². The molecule has 0 unspecified atom stereocenters. The number of thiophene rings is 1. The highest BCUT2D eigenvalue weighted by Gasteiger charge is 2.10. The van der Waals surface area contributed by atoms with Crippen LogP contribution in [0.1, 0.15) is 21.7 Å². The van der Waals surface area contributed by atoms with E-state index in [0.717, 1.165) is 22.6 Å². The summed E-state index contributed by atoms with van der Waals surface area (Å²) in [6.07, 6.45) is 0.802. The second-order valence-electron chi connectivity index (χ2n) is 4.26. The number of amides is 1. The molecule has 2 rings (SSSR count). The zero-order valence-corrected chi connectivity index (χ0v) is 12.8. The van der Waals surface area contributed by atoms with Crippen molar-refractivity contribution >= 4 is 29.0 Å². The van der Waals surface area contributed by atoms with Crippen molar-refractivity contribution in [2.45, 2.75) is 17.1 Å². The first-order valence-electron chi connectivity index (χ1n) is 6.53. The average Bonchev–Trinajstić information content (AvgIpc) is 2.99. The van der Waals surface area contributed by atoms with Gasteiger partial charge in [-0.15, -0.1) is 23.1 Å². The van der Waals surface area contributed by atoms with E-state index in [9.17, 15) is 4.79 Å². The van der Waals surface area contributed by atoms with Gasteiger partial charge in [0.15, 0.2) is 0 Å². The summed E-state index contributed by atoms with van der Waals surface area (Å²) in [7, 11) is 0. The van der Waals surface area contributed by atoms with Crippen LogP contribution in [-0.2, 0) is 5.75 Å². The highest BCUT2D eigenvalue weighted by Crippen LogP contribution is 2.27. The van der Waals surface area contributed by atoms with Crippen LogP contribution in [0.4, 0.5) is 0 Å². The van der Waals surface area contributed by atoms with Crippen LogP contribution < -0.4 is 11.1 Å². The maximum Gasteiger partial charge on any atom is 0.252 e. The van der Waals surface area contributed by atoms with E-state index in [1.54, 1.807) is 23.1 Å². The standard InChI is InChI=1S/C15H18N2OS2/c16-8-4-9-17-15(18)13-6-1-2-7-14(13)20-11-12-5-3-10-19-12/h1-3,5-7,10H,4,8-9,11,16H2,(H,17,18). The lowest BCUT2D eigenvalue weighted by Gasteiger charge is -2.09. The number of thioether (sulfide) groups is 1. The predicted octanol–water partition coefficient (Wildman–Crippen LogP) is 3.12. The van der Waals surface area contributed by atoms with Gasteiger partial charge < -0.3 is 11.1 Å². The van der Waals surface area contributed by atoms with Gasteiger partial charge in [0.25, 0.3) is 5.91 Å². The molecule has 0 saturated heterocycles. The van der Waals surface area contributed by atoms with Crippen LogP contribution >= 0.6 is 23.1 Å². The van der Waals surface area contributed by atoms with Crippen molar-refractivity contribution in [3.8, 4) is 0 Å². The Morgan fingerprint density at radius 1 is 1.25 bits per heavy atom. The normalized spacial score (nSPS) is 10.4. The molecule has 1 aromatic carbocycles. The van der Waals surface area contributed by atoms with Crippen LogP contribution in [0.25, 0.3) is 0 Å². The molecule has 0 atom stereocenters. The summed E-state index contributed by atoms with van der Waals surface area (Å²) < 4.78 is 0. The Morgan fingerprint density at radius 3 is 2.85 bits per heavy atom. The molecule has 2 aromatic rings. The summed E-state index contributed by atoms with van der Waals surface area (Å²) in [6.45, 7) is 1.22. The topological polar surface area (TPSA) is 55.1 Å². The third kappa shape index (κ3) is 4.37. The van der Waals surface area contributed by atoms with Crippen LogP contribution in [-0.4, -0.2) is 19.0 Å². The highest BCUT2D eigenvalue weighted by atomic mass is 32.2. The molecule has 3 nitrogen and oxygen atoms in total. The SMILES string of the molecule is NCCCNC(=O)c1ccccc1SCc1cccs1. The molecule has 20 heavy (non-hydrogen) atoms. The quantitative estimate of drug-likeness (QED) is 0.610. The van der Waals surface area contributed by atoms with Crippen molar-refractivity contribution in [1.29, 1.82) is 0 Å². The molecule has 0 bridgehead atoms. The summed E-state index contributed by atoms with van der Waals surface area (Å²) in [6, 6.07) is 11.9. The zero-order valence-electron chi connectivity index (χ0n) is 11.2. The number of hydrogen-bond acceptors (Lipinski definition) is 4. The molecule has 1 amide bonds. The Hall–Kier alpha value is -1.30. The van der Waals surface area contributed by atoms with E-state index in [4.69, 9.17) is 5.73 Å². The molecule has 0 radical (unpaired) electrons. The maximum atomic E-state index is 12.1. The highest BCUT2D eigenvalue weighted by molar-refractivity contribution is 7.98. The molecule has 106 valence electrons. The smallest absolute Gasteiger partial charge is 0.252 e. The summed E-state index contributed by atoms with van der Waals surface area (Å²) in [5.74, 6) is 0.873. The number of hydrogen-bond donors (Lipinski definition) is 2. The second-order valence-corrected chi connectivity index (χ2v) is 6.31. The van der Waals surface area contributed by atoms with Crippen LogP contribution in [0.15, 0.2) is 46.7 Å². The van der Waals surface area contributed by atoms with Crippen molar-refractivity contribution in [3.63, 3.8) is 0 Å². The van der Waals surface area contributed by atoms with Crippen LogP contribution in [0.3, 0.4) is 0 Å². The lowest BCUT2D eigenvalue weighted by Crippen LogP contribution is -2.26. The van der Waals surface area contributed by atoms with Crippen molar-refractivity contribution in [2.75, 3.05) is 13.1 Å². The number of carbonyl (C=O) groups is 1. The molecule has 0 saturated carbocycles. The Bertz CT molecular complexity index is 541. The van der Waals surface area contributed by atoms with E-state index in [2.05, 4.69) is 16.8 Å². The van der Waals surface area contributed by atoms with E-state index in [0.29, 0.717) is 13.1 Å². The van der Waals surface area contributed by atoms with Crippen LogP contribution in [0.2, 0.25) is 0 Å². The summed E-state index contributed by atoms with van der Waals surface area (Å²) in [4.78, 5) is 14.5. The van der Waals surface area contributed by atoms with E-state index in [-0.39, 0.29) is 5.91 Å². The lowest BCUT2D eigenvalue weighted by molar-refractivity contribution is 0.0950. The van der Waals surface area contributed by atoms with Gasteiger partial charge in [-0.2, -0.15) is 0 Å². The summed E-state index contributed by atoms with van der Waals surface area (Å²) in [5.41, 5.74) is 6.17. The first-order chi connectivity index (χ1) is 9.81. The first-order valence-corrected chi connectivity index (χ1v) is 8.40. The lowest BCUT2D eigenvalue weighted by atomic mass is 10.2. The van der Waals surface area contributed by atoms with E-state index >= 15 is 0 Å². The molecule has 0 aliphatic heterocycles. The fourth-order valence-electron chi connectivity index (χ4n) is 1.72. The molecule has 0 spiro atoms. The Labute approximate surface area is 127 Å². The molecule has 5 heteroatoms. The van der Waals surface area contributed by atoms with Gasteiger partial charge in [0.2, 0.25) is 0 Å². The third-order valence-electron chi connectivity index (χ3n) is 2.75. The largest absolute Gasteiger partial charge is 0.352 e. The average molecular weight is 306 g/mol. The molecule has 3 N–H and O–H groups in total. The van der Waals surface area contributed by atoms with Gasteiger partial charge in [-0.25, -0.2) is 0 Å². The summed E-state index contributed by atoms with van der Waals surface area (Å²) in [5, 5.41) is 4.97. The Kier molecular flexibility index (Phi) is 6.11. The van der Waals surface area contributed by atoms with Crippen LogP contribution in [0, 0.1) is 0 Å². The number of benzene rings is 1. The monoisotopic (exact) mass is 306 g/mol. The fourth-order valence-corrected chi connectivity index (χ4v) is 3.55. The number of nitrogens with two attached hydrogens (primary N) is 1. The Morgan fingerprint density at radius 2 is 2.10 bits per heavy atom. The number of carbonyl (C=O) groups excluding carboxylic acids is 1.